The summed E-state index contributed by atoms with van der Waals surface area (Å²) < 4.78 is 0. The van der Waals surface area contributed by atoms with Crippen LogP contribution >= 0.6 is 0 Å². The molecule has 0 fully saturated rings. The highest BCUT2D eigenvalue weighted by Crippen LogP contribution is 2.37. The number of nitrogens with one attached hydrogen (secondary N) is 2. The van der Waals surface area contributed by atoms with E-state index in [0.29, 0.717) is 18.2 Å². The number of hydrogen-bond acceptors (Lipinski definition) is 5. The first kappa shape index (κ1) is 21.8. The van der Waals surface area contributed by atoms with Gasteiger partial charge in [0.15, 0.2) is 5.78 Å². The summed E-state index contributed by atoms with van der Waals surface area (Å²) >= 11 is 0. The first-order valence-corrected chi connectivity index (χ1v) is 10.9. The number of H-pyrrole nitrogens is 1. The summed E-state index contributed by atoms with van der Waals surface area (Å²) in [6, 6.07) is 10.6. The van der Waals surface area contributed by atoms with Crippen LogP contribution in [0.25, 0.3) is 33.4 Å². The maximum Gasteiger partial charge on any atom is 0.152 e. The molecule has 0 aliphatic heterocycles. The number of carbonyl (C=O) groups excluding carboxylic acids is 1. The lowest BCUT2D eigenvalue weighted by Crippen LogP contribution is -2.20. The van der Waals surface area contributed by atoms with Gasteiger partial charge < -0.3 is 10.3 Å². The fourth-order valence-electron chi connectivity index (χ4n) is 4.24. The molecule has 0 unspecified atom stereocenters. The van der Waals surface area contributed by atoms with Gasteiger partial charge in [0.25, 0.3) is 0 Å². The number of likely N-dealkylation sites (N-methyl/N-ethyl adjacent to an activating group) is 1. The molecule has 32 heavy (non-hydrogen) atoms. The molecule has 0 aliphatic rings. The van der Waals surface area contributed by atoms with Crippen molar-refractivity contribution in [1.82, 2.24) is 25.3 Å². The van der Waals surface area contributed by atoms with Crippen LogP contribution in [0, 0.1) is 13.8 Å². The molecule has 0 spiro atoms. The van der Waals surface area contributed by atoms with Gasteiger partial charge in [0, 0.05) is 39.6 Å². The summed E-state index contributed by atoms with van der Waals surface area (Å²) in [5, 5.41) is 4.06. The van der Waals surface area contributed by atoms with Crippen LogP contribution < -0.4 is 5.32 Å². The van der Waals surface area contributed by atoms with E-state index in [1.807, 2.05) is 13.8 Å². The lowest BCUT2D eigenvalue weighted by Gasteiger charge is -2.10. The highest BCUT2D eigenvalue weighted by atomic mass is 16.1. The largest absolute Gasteiger partial charge is 0.354 e. The number of rotatable bonds is 7. The standard InChI is InChI=1S/C26H29N5O/c1-15(2)25-22-10-18(24-14-28-20(12-29-24)11-21(32)13-27-5)6-7-23(22)31-26(25)19-8-16(3)30-17(4)9-19/h6-10,12,14-15,27,31H,11,13H2,1-5H3. The average molecular weight is 428 g/mol. The van der Waals surface area contributed by atoms with Crippen molar-refractivity contribution in [3.05, 3.63) is 65.4 Å². The number of aromatic amines is 1. The summed E-state index contributed by atoms with van der Waals surface area (Å²) in [6.45, 7) is 8.83. The molecule has 0 aliphatic carbocycles. The second-order valence-corrected chi connectivity index (χ2v) is 8.61. The molecule has 0 atom stereocenters. The molecule has 2 N–H and O–H groups in total. The molecule has 0 amide bonds. The molecule has 0 radical (unpaired) electrons. The third kappa shape index (κ3) is 4.46. The zero-order chi connectivity index (χ0) is 22.8. The number of aromatic nitrogens is 4. The highest BCUT2D eigenvalue weighted by molar-refractivity contribution is 5.94. The minimum absolute atomic E-state index is 0.0963. The van der Waals surface area contributed by atoms with E-state index in [-0.39, 0.29) is 12.2 Å². The molecule has 0 bridgehead atoms. The van der Waals surface area contributed by atoms with Crippen molar-refractivity contribution in [2.75, 3.05) is 13.6 Å². The van der Waals surface area contributed by atoms with Crippen molar-refractivity contribution >= 4 is 16.7 Å². The van der Waals surface area contributed by atoms with Gasteiger partial charge in [-0.1, -0.05) is 19.9 Å². The summed E-state index contributed by atoms with van der Waals surface area (Å²) in [7, 11) is 1.76. The van der Waals surface area contributed by atoms with Gasteiger partial charge in [0.1, 0.15) is 0 Å². The van der Waals surface area contributed by atoms with Crippen LogP contribution in [-0.2, 0) is 11.2 Å². The number of nitrogens with zero attached hydrogens (tertiary/aromatic N) is 3. The Morgan fingerprint density at radius 1 is 1.03 bits per heavy atom. The van der Waals surface area contributed by atoms with Gasteiger partial charge in [-0.15, -0.1) is 0 Å². The molecule has 164 valence electrons. The van der Waals surface area contributed by atoms with Crippen LogP contribution in [0.2, 0.25) is 0 Å². The normalized spacial score (nSPS) is 11.4. The Hall–Kier alpha value is -3.38. The second-order valence-electron chi connectivity index (χ2n) is 8.61. The van der Waals surface area contributed by atoms with Gasteiger partial charge in [0.2, 0.25) is 0 Å². The number of fused-ring (bicyclic) bond motifs is 1. The zero-order valence-electron chi connectivity index (χ0n) is 19.3. The summed E-state index contributed by atoms with van der Waals surface area (Å²) in [5.41, 5.74) is 9.20. The van der Waals surface area contributed by atoms with E-state index < -0.39 is 0 Å². The minimum atomic E-state index is 0.0963. The Morgan fingerprint density at radius 2 is 1.78 bits per heavy atom. The van der Waals surface area contributed by atoms with Crippen molar-refractivity contribution < 1.29 is 4.79 Å². The zero-order valence-corrected chi connectivity index (χ0v) is 19.3. The summed E-state index contributed by atoms with van der Waals surface area (Å²) in [6.07, 6.45) is 3.74. The molecule has 6 heteroatoms. The third-order valence-corrected chi connectivity index (χ3v) is 5.54. The molecular weight excluding hydrogens is 398 g/mol. The van der Waals surface area contributed by atoms with Gasteiger partial charge >= 0.3 is 0 Å². The summed E-state index contributed by atoms with van der Waals surface area (Å²) in [5.74, 6) is 0.438. The Morgan fingerprint density at radius 3 is 2.41 bits per heavy atom. The molecule has 1 aromatic carbocycles. The van der Waals surface area contributed by atoms with E-state index in [1.165, 1.54) is 10.9 Å². The van der Waals surface area contributed by atoms with E-state index in [4.69, 9.17) is 0 Å². The van der Waals surface area contributed by atoms with E-state index in [9.17, 15) is 4.79 Å². The first-order chi connectivity index (χ1) is 15.4. The van der Waals surface area contributed by atoms with Crippen LogP contribution in [0.15, 0.2) is 42.7 Å². The van der Waals surface area contributed by atoms with E-state index in [0.717, 1.165) is 39.4 Å². The maximum absolute atomic E-state index is 11.8. The lowest BCUT2D eigenvalue weighted by molar-refractivity contribution is -0.117. The average Bonchev–Trinajstić information content (AvgIpc) is 3.13. The first-order valence-electron chi connectivity index (χ1n) is 10.9. The number of ketones is 1. The smallest absolute Gasteiger partial charge is 0.152 e. The quantitative estimate of drug-likeness (QED) is 0.444. The van der Waals surface area contributed by atoms with Crippen molar-refractivity contribution in [3.8, 4) is 22.5 Å². The Balaban J connectivity index is 1.74. The van der Waals surface area contributed by atoms with Gasteiger partial charge in [0.05, 0.1) is 36.2 Å². The third-order valence-electron chi connectivity index (χ3n) is 5.54. The number of aryl methyl sites for hydroxylation is 2. The minimum Gasteiger partial charge on any atom is -0.354 e. The van der Waals surface area contributed by atoms with Crippen LogP contribution in [-0.4, -0.2) is 39.3 Å². The second kappa shape index (κ2) is 9.01. The number of Topliss-reactive ketones (excluding diaryl/α,β-unsaturated/α-hetero) is 1. The molecule has 4 aromatic rings. The number of benzene rings is 1. The molecule has 4 rings (SSSR count). The van der Waals surface area contributed by atoms with Crippen molar-refractivity contribution in [2.45, 2.75) is 40.0 Å². The van der Waals surface area contributed by atoms with E-state index >= 15 is 0 Å². The molecule has 0 saturated heterocycles. The van der Waals surface area contributed by atoms with Gasteiger partial charge in [-0.05, 0) is 56.6 Å². The SMILES string of the molecule is CNCC(=O)Cc1cnc(-c2ccc3[nH]c(-c4cc(C)nc(C)c4)c(C(C)C)c3c2)cn1. The molecule has 0 saturated carbocycles. The van der Waals surface area contributed by atoms with E-state index in [1.54, 1.807) is 19.4 Å². The maximum atomic E-state index is 11.8. The Labute approximate surface area is 188 Å². The predicted octanol–water partition coefficient (Wildman–Crippen LogP) is 4.76. The van der Waals surface area contributed by atoms with Gasteiger partial charge in [-0.25, -0.2) is 0 Å². The monoisotopic (exact) mass is 427 g/mol. The molecule has 3 heterocycles. The lowest BCUT2D eigenvalue weighted by atomic mass is 9.95. The van der Waals surface area contributed by atoms with Gasteiger partial charge in [-0.3, -0.25) is 19.7 Å². The van der Waals surface area contributed by atoms with Crippen LogP contribution in [0.1, 0.15) is 42.4 Å². The van der Waals surface area contributed by atoms with Crippen molar-refractivity contribution in [3.63, 3.8) is 0 Å². The van der Waals surface area contributed by atoms with Crippen LogP contribution in [0.5, 0.6) is 0 Å². The predicted molar refractivity (Wildman–Crippen MR) is 129 cm³/mol. The van der Waals surface area contributed by atoms with Gasteiger partial charge in [-0.2, -0.15) is 0 Å². The fourth-order valence-corrected chi connectivity index (χ4v) is 4.24. The van der Waals surface area contributed by atoms with Crippen molar-refractivity contribution in [2.24, 2.45) is 0 Å². The Bertz CT molecular complexity index is 1250. The summed E-state index contributed by atoms with van der Waals surface area (Å²) in [4.78, 5) is 29.0. The molecular formula is C26H29N5O. The molecule has 3 aromatic heterocycles. The van der Waals surface area contributed by atoms with Crippen molar-refractivity contribution in [1.29, 1.82) is 0 Å². The number of carbonyl (C=O) groups is 1. The number of hydrogen-bond donors (Lipinski definition) is 2. The fraction of sp³-hybridized carbons (Fsp3) is 0.308. The molecule has 6 nitrogen and oxygen atoms in total. The van der Waals surface area contributed by atoms with Crippen LogP contribution in [0.3, 0.4) is 0 Å². The number of pyridine rings is 1. The van der Waals surface area contributed by atoms with Crippen LogP contribution in [0.4, 0.5) is 0 Å². The Kier molecular flexibility index (Phi) is 6.15. The topological polar surface area (TPSA) is 83.6 Å². The van der Waals surface area contributed by atoms with E-state index in [2.05, 4.69) is 69.4 Å². The highest BCUT2D eigenvalue weighted by Gasteiger charge is 2.18.